The van der Waals surface area contributed by atoms with Crippen molar-refractivity contribution in [2.24, 2.45) is 5.92 Å². The van der Waals surface area contributed by atoms with Gasteiger partial charge < -0.3 is 4.74 Å². The second-order valence-corrected chi connectivity index (χ2v) is 4.39. The van der Waals surface area contributed by atoms with Crippen LogP contribution in [-0.4, -0.2) is 12.6 Å². The van der Waals surface area contributed by atoms with Crippen LogP contribution in [0.25, 0.3) is 0 Å². The Morgan fingerprint density at radius 3 is 2.40 bits per heavy atom. The largest absolute Gasteiger partial charge is 0.458 e. The van der Waals surface area contributed by atoms with Gasteiger partial charge >= 0.3 is 5.97 Å². The number of carbonyl (C=O) groups is 1. The van der Waals surface area contributed by atoms with Crippen molar-refractivity contribution in [1.29, 1.82) is 0 Å². The van der Waals surface area contributed by atoms with Crippen LogP contribution in [0.2, 0.25) is 0 Å². The van der Waals surface area contributed by atoms with E-state index in [0.717, 1.165) is 18.4 Å². The van der Waals surface area contributed by atoms with Gasteiger partial charge in [0.1, 0.15) is 6.61 Å². The number of hydrogen-bond acceptors (Lipinski definition) is 2. The lowest BCUT2D eigenvalue weighted by Crippen LogP contribution is -2.18. The summed E-state index contributed by atoms with van der Waals surface area (Å²) in [4.78, 5) is 11.6. The molecule has 0 spiro atoms. The minimum atomic E-state index is -0.245. The van der Waals surface area contributed by atoms with Gasteiger partial charge in [-0.15, -0.1) is 0 Å². The summed E-state index contributed by atoms with van der Waals surface area (Å²) in [6, 6.07) is 0. The zero-order chi connectivity index (χ0) is 11.3. The standard InChI is InChI=1S/C13H20O2/c1-10(2)9-15-13(14)11(3)12-7-5-4-6-8-12/h12H,1,3-9H2,2H3. The van der Waals surface area contributed by atoms with Crippen LogP contribution < -0.4 is 0 Å². The van der Waals surface area contributed by atoms with Crippen molar-refractivity contribution in [2.75, 3.05) is 6.61 Å². The predicted molar refractivity (Wildman–Crippen MR) is 61.5 cm³/mol. The first-order chi connectivity index (χ1) is 7.11. The molecule has 2 heteroatoms. The highest BCUT2D eigenvalue weighted by molar-refractivity contribution is 5.88. The molecule has 1 fully saturated rings. The molecule has 0 radical (unpaired) electrons. The van der Waals surface area contributed by atoms with Crippen molar-refractivity contribution >= 4 is 5.97 Å². The molecule has 0 atom stereocenters. The Balaban J connectivity index is 2.37. The van der Waals surface area contributed by atoms with Gasteiger partial charge in [-0.05, 0) is 31.3 Å². The maximum atomic E-state index is 11.6. The molecule has 0 N–H and O–H groups in total. The molecule has 0 bridgehead atoms. The highest BCUT2D eigenvalue weighted by Gasteiger charge is 2.22. The van der Waals surface area contributed by atoms with Gasteiger partial charge in [-0.3, -0.25) is 0 Å². The summed E-state index contributed by atoms with van der Waals surface area (Å²) >= 11 is 0. The van der Waals surface area contributed by atoms with Gasteiger partial charge in [-0.2, -0.15) is 0 Å². The summed E-state index contributed by atoms with van der Waals surface area (Å²) < 4.78 is 5.08. The van der Waals surface area contributed by atoms with E-state index in [1.807, 2.05) is 6.92 Å². The number of ether oxygens (including phenoxy) is 1. The number of hydrogen-bond donors (Lipinski definition) is 0. The predicted octanol–water partition coefficient (Wildman–Crippen LogP) is 3.24. The highest BCUT2D eigenvalue weighted by atomic mass is 16.5. The van der Waals surface area contributed by atoms with E-state index in [4.69, 9.17) is 4.74 Å². The van der Waals surface area contributed by atoms with Crippen LogP contribution in [-0.2, 0) is 9.53 Å². The Bertz CT molecular complexity index is 260. The van der Waals surface area contributed by atoms with Crippen molar-refractivity contribution in [3.8, 4) is 0 Å². The zero-order valence-corrected chi connectivity index (χ0v) is 9.55. The summed E-state index contributed by atoms with van der Waals surface area (Å²) in [6.45, 7) is 9.70. The minimum Gasteiger partial charge on any atom is -0.458 e. The zero-order valence-electron chi connectivity index (χ0n) is 9.55. The fraction of sp³-hybridized carbons (Fsp3) is 0.615. The normalized spacial score (nSPS) is 17.1. The molecule has 0 saturated heterocycles. The molecule has 1 rings (SSSR count). The molecule has 84 valence electrons. The number of esters is 1. The van der Waals surface area contributed by atoms with Gasteiger partial charge in [0.25, 0.3) is 0 Å². The van der Waals surface area contributed by atoms with Gasteiger partial charge in [0.15, 0.2) is 0 Å². The Morgan fingerprint density at radius 2 is 1.87 bits per heavy atom. The fourth-order valence-electron chi connectivity index (χ4n) is 1.90. The lowest BCUT2D eigenvalue weighted by atomic mass is 9.84. The van der Waals surface area contributed by atoms with Gasteiger partial charge in [0, 0.05) is 5.57 Å². The first kappa shape index (κ1) is 12.0. The smallest absolute Gasteiger partial charge is 0.334 e. The van der Waals surface area contributed by atoms with E-state index >= 15 is 0 Å². The summed E-state index contributed by atoms with van der Waals surface area (Å²) in [7, 11) is 0. The molecular formula is C13H20O2. The summed E-state index contributed by atoms with van der Waals surface area (Å²) in [5.41, 5.74) is 1.51. The van der Waals surface area contributed by atoms with Crippen molar-refractivity contribution in [2.45, 2.75) is 39.0 Å². The molecule has 0 heterocycles. The molecular weight excluding hydrogens is 188 g/mol. The monoisotopic (exact) mass is 208 g/mol. The van der Waals surface area contributed by atoms with E-state index in [0.29, 0.717) is 18.1 Å². The third kappa shape index (κ3) is 3.90. The maximum Gasteiger partial charge on any atom is 0.334 e. The van der Waals surface area contributed by atoms with E-state index in [9.17, 15) is 4.79 Å². The van der Waals surface area contributed by atoms with Crippen LogP contribution in [0, 0.1) is 5.92 Å². The molecule has 1 saturated carbocycles. The Morgan fingerprint density at radius 1 is 1.27 bits per heavy atom. The maximum absolute atomic E-state index is 11.6. The molecule has 1 aliphatic carbocycles. The van der Waals surface area contributed by atoms with E-state index < -0.39 is 0 Å². The molecule has 0 unspecified atom stereocenters. The molecule has 0 amide bonds. The quantitative estimate of drug-likeness (QED) is 0.403. The second kappa shape index (κ2) is 5.74. The summed E-state index contributed by atoms with van der Waals surface area (Å²) in [5, 5.41) is 0. The van der Waals surface area contributed by atoms with E-state index in [1.165, 1.54) is 19.3 Å². The molecule has 1 aliphatic rings. The molecule has 0 aromatic carbocycles. The second-order valence-electron chi connectivity index (χ2n) is 4.39. The van der Waals surface area contributed by atoms with Gasteiger partial charge in [-0.25, -0.2) is 4.79 Å². The molecule has 2 nitrogen and oxygen atoms in total. The van der Waals surface area contributed by atoms with Crippen LogP contribution in [0.1, 0.15) is 39.0 Å². The van der Waals surface area contributed by atoms with Crippen LogP contribution in [0.3, 0.4) is 0 Å². The molecule has 15 heavy (non-hydrogen) atoms. The average molecular weight is 208 g/mol. The minimum absolute atomic E-state index is 0.245. The van der Waals surface area contributed by atoms with Crippen LogP contribution in [0.15, 0.2) is 24.3 Å². The summed E-state index contributed by atoms with van der Waals surface area (Å²) in [6.07, 6.45) is 5.86. The topological polar surface area (TPSA) is 26.3 Å². The van der Waals surface area contributed by atoms with Crippen molar-refractivity contribution in [1.82, 2.24) is 0 Å². The number of rotatable bonds is 4. The van der Waals surface area contributed by atoms with Gasteiger partial charge in [-0.1, -0.05) is 32.4 Å². The molecule has 0 aliphatic heterocycles. The third-order valence-corrected chi connectivity index (χ3v) is 2.81. The van der Waals surface area contributed by atoms with E-state index in [-0.39, 0.29) is 5.97 Å². The summed E-state index contributed by atoms with van der Waals surface area (Å²) in [5.74, 6) is 0.0984. The molecule has 0 aromatic heterocycles. The van der Waals surface area contributed by atoms with Crippen LogP contribution >= 0.6 is 0 Å². The van der Waals surface area contributed by atoms with Gasteiger partial charge in [0.2, 0.25) is 0 Å². The van der Waals surface area contributed by atoms with Crippen LogP contribution in [0.4, 0.5) is 0 Å². The van der Waals surface area contributed by atoms with Crippen molar-refractivity contribution in [3.63, 3.8) is 0 Å². The van der Waals surface area contributed by atoms with Crippen molar-refractivity contribution in [3.05, 3.63) is 24.3 Å². The van der Waals surface area contributed by atoms with E-state index in [1.54, 1.807) is 0 Å². The van der Waals surface area contributed by atoms with E-state index in [2.05, 4.69) is 13.2 Å². The van der Waals surface area contributed by atoms with Gasteiger partial charge in [0.05, 0.1) is 0 Å². The average Bonchev–Trinajstić information content (AvgIpc) is 2.26. The lowest BCUT2D eigenvalue weighted by molar-refractivity contribution is -0.138. The fourth-order valence-corrected chi connectivity index (χ4v) is 1.90. The van der Waals surface area contributed by atoms with Crippen LogP contribution in [0.5, 0.6) is 0 Å². The third-order valence-electron chi connectivity index (χ3n) is 2.81. The Labute approximate surface area is 92.0 Å². The number of carbonyl (C=O) groups excluding carboxylic acids is 1. The van der Waals surface area contributed by atoms with Crippen molar-refractivity contribution < 1.29 is 9.53 Å². The SMILES string of the molecule is C=C(C)COC(=O)C(=C)C1CCCCC1. The Hall–Kier alpha value is -1.05. The first-order valence-corrected chi connectivity index (χ1v) is 5.61. The lowest BCUT2D eigenvalue weighted by Gasteiger charge is -2.22. The Kier molecular flexibility index (Phi) is 4.60. The molecule has 0 aromatic rings. The highest BCUT2D eigenvalue weighted by Crippen LogP contribution is 2.29. The first-order valence-electron chi connectivity index (χ1n) is 5.61.